The second-order valence-corrected chi connectivity index (χ2v) is 1.30. The summed E-state index contributed by atoms with van der Waals surface area (Å²) in [5.41, 5.74) is 0.815. The Bertz CT molecular complexity index is 117. The summed E-state index contributed by atoms with van der Waals surface area (Å²) in [4.78, 5) is 10.1. The van der Waals surface area contributed by atoms with E-state index in [2.05, 4.69) is 5.32 Å². The second kappa shape index (κ2) is 1.75. The molecule has 7 heavy (non-hydrogen) atoms. The Balaban J connectivity index is 0.000000360. The second-order valence-electron chi connectivity index (χ2n) is 1.30. The van der Waals surface area contributed by atoms with Gasteiger partial charge in [0, 0.05) is 11.8 Å². The molecule has 0 aliphatic carbocycles. The fourth-order valence-corrected chi connectivity index (χ4v) is 0.275. The monoisotopic (exact) mass is 100 g/mol. The molecular weight excluding hydrogens is 92.1 g/mol. The first-order valence-corrected chi connectivity index (χ1v) is 1.78. The fraction of sp³-hybridized carbons (Fsp3) is 0.250. The molecule has 0 atom stereocenters. The normalized spacial score (nSPS) is 15.6. The molecule has 1 amide bonds. The van der Waals surface area contributed by atoms with Gasteiger partial charge in [-0.1, -0.05) is 0 Å². The molecule has 0 aromatic rings. The molecule has 0 saturated carbocycles. The Morgan fingerprint density at radius 2 is 2.14 bits per heavy atom. The van der Waals surface area contributed by atoms with Crippen molar-refractivity contribution in [3.63, 3.8) is 0 Å². The predicted octanol–water partition coefficient (Wildman–Crippen LogP) is 0.182. The Hall–Kier alpha value is -0.830. The molecule has 1 heterocycles. The summed E-state index contributed by atoms with van der Waals surface area (Å²) in [5.74, 6) is 0.0509. The summed E-state index contributed by atoms with van der Waals surface area (Å²) in [6.07, 6.45) is 1.68. The van der Waals surface area contributed by atoms with E-state index < -0.39 is 0 Å². The van der Waals surface area contributed by atoms with E-state index >= 15 is 0 Å². The van der Waals surface area contributed by atoms with Gasteiger partial charge >= 0.3 is 0 Å². The zero-order chi connectivity index (χ0) is 4.57. The van der Waals surface area contributed by atoms with Gasteiger partial charge in [0.25, 0.3) is 5.91 Å². The minimum absolute atomic E-state index is 0. The Morgan fingerprint density at radius 3 is 2.14 bits per heavy atom. The van der Waals surface area contributed by atoms with Crippen molar-refractivity contribution < 1.29 is 4.79 Å². The number of nitrogens with one attached hydrogen (secondary N) is 1. The molecule has 40 valence electrons. The van der Waals surface area contributed by atoms with Crippen molar-refractivity contribution in [2.45, 2.75) is 6.92 Å². The van der Waals surface area contributed by atoms with Gasteiger partial charge in [0.05, 0.1) is 0 Å². The summed E-state index contributed by atoms with van der Waals surface area (Å²) < 4.78 is 0. The van der Waals surface area contributed by atoms with Crippen LogP contribution in [0, 0.1) is 0 Å². The van der Waals surface area contributed by atoms with Crippen molar-refractivity contribution in [3.05, 3.63) is 11.8 Å². The lowest BCUT2D eigenvalue weighted by Crippen LogP contribution is -2.28. The lowest BCUT2D eigenvalue weighted by atomic mass is 10.2. The molecule has 0 fully saturated rings. The maximum Gasteiger partial charge on any atom is 0.252 e. The zero-order valence-corrected chi connectivity index (χ0v) is 4.19. The number of amides is 1. The molecule has 1 rings (SSSR count). The molecule has 1 aliphatic heterocycles. The highest BCUT2D eigenvalue weighted by molar-refractivity contribution is 5.99. The molecule has 3 heteroatoms. The lowest BCUT2D eigenvalue weighted by molar-refractivity contribution is -0.118. The van der Waals surface area contributed by atoms with Crippen LogP contribution in [0.5, 0.6) is 0 Å². The van der Waals surface area contributed by atoms with Gasteiger partial charge in [-0.05, 0) is 6.92 Å². The van der Waals surface area contributed by atoms with Crippen LogP contribution in [0.2, 0.25) is 0 Å². The van der Waals surface area contributed by atoms with Crippen molar-refractivity contribution in [1.29, 1.82) is 0 Å². The number of hydrogen-bond acceptors (Lipinski definition) is 2. The highest BCUT2D eigenvalue weighted by Crippen LogP contribution is 1.97. The summed E-state index contributed by atoms with van der Waals surface area (Å²) in [5, 5.41) is 2.46. The molecule has 4 N–H and O–H groups in total. The zero-order valence-electron chi connectivity index (χ0n) is 4.19. The number of hydrogen-bond donors (Lipinski definition) is 2. The predicted molar refractivity (Wildman–Crippen MR) is 26.9 cm³/mol. The van der Waals surface area contributed by atoms with Crippen molar-refractivity contribution in [3.8, 4) is 0 Å². The first-order valence-electron chi connectivity index (χ1n) is 1.78. The fourth-order valence-electron chi connectivity index (χ4n) is 0.275. The Labute approximate surface area is 42.0 Å². The number of carbonyl (C=O) groups excluding carboxylic acids is 1. The van der Waals surface area contributed by atoms with E-state index in [9.17, 15) is 4.79 Å². The highest BCUT2D eigenvalue weighted by atomic mass is 16.2. The summed E-state index contributed by atoms with van der Waals surface area (Å²) in [6, 6.07) is 0. The topological polar surface area (TPSA) is 64.1 Å². The van der Waals surface area contributed by atoms with Crippen LogP contribution in [-0.2, 0) is 4.79 Å². The lowest BCUT2D eigenvalue weighted by Gasteiger charge is -2.07. The van der Waals surface area contributed by atoms with E-state index in [1.165, 1.54) is 0 Å². The van der Waals surface area contributed by atoms with Crippen molar-refractivity contribution in [1.82, 2.24) is 11.5 Å². The number of rotatable bonds is 0. The van der Waals surface area contributed by atoms with Gasteiger partial charge in [-0.25, -0.2) is 0 Å². The average molecular weight is 100 g/mol. The van der Waals surface area contributed by atoms with E-state index in [0.29, 0.717) is 0 Å². The van der Waals surface area contributed by atoms with Crippen LogP contribution in [0.15, 0.2) is 11.8 Å². The van der Waals surface area contributed by atoms with Crippen molar-refractivity contribution >= 4 is 5.91 Å². The van der Waals surface area contributed by atoms with E-state index in [1.807, 2.05) is 0 Å². The third-order valence-electron chi connectivity index (χ3n) is 0.778. The molecule has 0 aromatic heterocycles. The van der Waals surface area contributed by atoms with Gasteiger partial charge in [0.15, 0.2) is 0 Å². The van der Waals surface area contributed by atoms with Crippen LogP contribution in [0.3, 0.4) is 0 Å². The Kier molecular flexibility index (Phi) is 1.54. The van der Waals surface area contributed by atoms with Crippen LogP contribution in [-0.4, -0.2) is 5.91 Å². The van der Waals surface area contributed by atoms with Crippen LogP contribution >= 0.6 is 0 Å². The quantitative estimate of drug-likeness (QED) is 0.456. The molecule has 0 saturated heterocycles. The summed E-state index contributed by atoms with van der Waals surface area (Å²) in [7, 11) is 0. The minimum atomic E-state index is 0. The molecule has 1 aliphatic rings. The highest BCUT2D eigenvalue weighted by Gasteiger charge is 2.08. The molecule has 0 bridgehead atoms. The third kappa shape index (κ3) is 0.778. The van der Waals surface area contributed by atoms with E-state index in [0.717, 1.165) is 5.57 Å². The van der Waals surface area contributed by atoms with E-state index in [4.69, 9.17) is 0 Å². The van der Waals surface area contributed by atoms with Gasteiger partial charge in [0.1, 0.15) is 0 Å². The first-order chi connectivity index (χ1) is 2.80. The van der Waals surface area contributed by atoms with Crippen LogP contribution in [0.4, 0.5) is 0 Å². The van der Waals surface area contributed by atoms with E-state index in [1.54, 1.807) is 13.1 Å². The smallest absolute Gasteiger partial charge is 0.252 e. The SMILES string of the molecule is CC1=CNC1=O.N. The van der Waals surface area contributed by atoms with Gasteiger partial charge in [-0.2, -0.15) is 0 Å². The Morgan fingerprint density at radius 1 is 1.71 bits per heavy atom. The molecule has 0 spiro atoms. The third-order valence-corrected chi connectivity index (χ3v) is 0.778. The van der Waals surface area contributed by atoms with Gasteiger partial charge in [-0.15, -0.1) is 0 Å². The average Bonchev–Trinajstić information content (AvgIpc) is 1.61. The van der Waals surface area contributed by atoms with Crippen LogP contribution in [0.25, 0.3) is 0 Å². The maximum absolute atomic E-state index is 10.1. The standard InChI is InChI=1S/C4H5NO.H3N/c1-3-2-5-4(3)6;/h2H,1H3,(H,5,6);1H3. The van der Waals surface area contributed by atoms with Crippen molar-refractivity contribution in [2.24, 2.45) is 0 Å². The van der Waals surface area contributed by atoms with Gasteiger partial charge < -0.3 is 11.5 Å². The van der Waals surface area contributed by atoms with Crippen LogP contribution < -0.4 is 11.5 Å². The molecular formula is C4H8N2O. The molecule has 0 unspecified atom stereocenters. The largest absolute Gasteiger partial charge is 0.344 e. The number of carbonyl (C=O) groups is 1. The molecule has 0 radical (unpaired) electrons. The maximum atomic E-state index is 10.1. The molecule has 0 aromatic carbocycles. The van der Waals surface area contributed by atoms with Gasteiger partial charge in [-0.3, -0.25) is 4.79 Å². The summed E-state index contributed by atoms with van der Waals surface area (Å²) >= 11 is 0. The van der Waals surface area contributed by atoms with Crippen molar-refractivity contribution in [2.75, 3.05) is 0 Å². The van der Waals surface area contributed by atoms with Gasteiger partial charge in [0.2, 0.25) is 0 Å². The summed E-state index contributed by atoms with van der Waals surface area (Å²) in [6.45, 7) is 1.78. The van der Waals surface area contributed by atoms with E-state index in [-0.39, 0.29) is 12.1 Å². The first kappa shape index (κ1) is 6.17. The minimum Gasteiger partial charge on any atom is -0.344 e. The van der Waals surface area contributed by atoms with Crippen LogP contribution in [0.1, 0.15) is 6.92 Å². The molecule has 3 nitrogen and oxygen atoms in total.